The van der Waals surface area contributed by atoms with Crippen LogP contribution in [-0.2, 0) is 4.74 Å². The number of Topliss-reactive ketones (excluding diaryl/α,β-unsaturated/α-hetero) is 1. The van der Waals surface area contributed by atoms with E-state index in [4.69, 9.17) is 4.74 Å². The van der Waals surface area contributed by atoms with Gasteiger partial charge in [-0.2, -0.15) is 0 Å². The number of pyridine rings is 1. The number of hydrogen-bond donors (Lipinski definition) is 0. The Morgan fingerprint density at radius 1 is 1.10 bits per heavy atom. The molecule has 0 N–H and O–H groups in total. The quantitative estimate of drug-likeness (QED) is 0.667. The number of ketones is 1. The van der Waals surface area contributed by atoms with Gasteiger partial charge in [0, 0.05) is 30.4 Å². The number of ether oxygens (including phenoxy) is 1. The second-order valence-corrected chi connectivity index (χ2v) is 8.48. The zero-order valence-electron chi connectivity index (χ0n) is 17.8. The van der Waals surface area contributed by atoms with Crippen molar-refractivity contribution in [3.63, 3.8) is 0 Å². The van der Waals surface area contributed by atoms with Gasteiger partial charge in [0.05, 0.1) is 5.69 Å². The van der Waals surface area contributed by atoms with Crippen molar-refractivity contribution in [1.29, 1.82) is 0 Å². The second-order valence-electron chi connectivity index (χ2n) is 8.48. The van der Waals surface area contributed by atoms with E-state index < -0.39 is 5.60 Å². The van der Waals surface area contributed by atoms with Crippen LogP contribution >= 0.6 is 0 Å². The summed E-state index contributed by atoms with van der Waals surface area (Å²) in [4.78, 5) is 30.3. The Labute approximate surface area is 172 Å². The Kier molecular flexibility index (Phi) is 5.87. The fourth-order valence-corrected chi connectivity index (χ4v) is 3.35. The zero-order chi connectivity index (χ0) is 21.2. The first-order chi connectivity index (χ1) is 13.6. The summed E-state index contributed by atoms with van der Waals surface area (Å²) in [5, 5.41) is 0. The van der Waals surface area contributed by atoms with Crippen molar-refractivity contribution in [3.8, 4) is 11.3 Å². The molecule has 0 atom stereocenters. The lowest BCUT2D eigenvalue weighted by Crippen LogP contribution is -2.39. The molecule has 2 aromatic rings. The molecule has 1 aliphatic rings. The molecule has 0 unspecified atom stereocenters. The van der Waals surface area contributed by atoms with E-state index in [1.807, 2.05) is 58.0 Å². The van der Waals surface area contributed by atoms with Crippen LogP contribution in [0.3, 0.4) is 0 Å². The van der Waals surface area contributed by atoms with Crippen LogP contribution in [0.2, 0.25) is 0 Å². The lowest BCUT2D eigenvalue weighted by atomic mass is 9.97. The van der Waals surface area contributed by atoms with Crippen molar-refractivity contribution in [2.45, 2.75) is 46.6 Å². The third-order valence-corrected chi connectivity index (χ3v) is 4.77. The van der Waals surface area contributed by atoms with Crippen LogP contribution in [-0.4, -0.2) is 40.5 Å². The van der Waals surface area contributed by atoms with E-state index in [2.05, 4.69) is 11.1 Å². The van der Waals surface area contributed by atoms with Crippen LogP contribution in [0.4, 0.5) is 4.79 Å². The summed E-state index contributed by atoms with van der Waals surface area (Å²) in [6.07, 6.45) is 4.35. The molecule has 29 heavy (non-hydrogen) atoms. The molecule has 152 valence electrons. The molecule has 3 rings (SSSR count). The summed E-state index contributed by atoms with van der Waals surface area (Å²) in [7, 11) is 0. The summed E-state index contributed by atoms with van der Waals surface area (Å²) in [5.74, 6) is 0.0447. The average molecular weight is 392 g/mol. The van der Waals surface area contributed by atoms with E-state index in [0.29, 0.717) is 18.7 Å². The average Bonchev–Trinajstić information content (AvgIpc) is 2.66. The molecule has 1 aromatic heterocycles. The van der Waals surface area contributed by atoms with E-state index >= 15 is 0 Å². The molecule has 2 heterocycles. The molecular weight excluding hydrogens is 364 g/mol. The maximum absolute atomic E-state index is 12.3. The predicted molar refractivity (Wildman–Crippen MR) is 115 cm³/mol. The number of aromatic nitrogens is 1. The largest absolute Gasteiger partial charge is 0.444 e. The zero-order valence-corrected chi connectivity index (χ0v) is 17.8. The molecule has 0 saturated heterocycles. The molecule has 1 amide bonds. The van der Waals surface area contributed by atoms with Crippen LogP contribution in [0, 0.1) is 6.92 Å². The van der Waals surface area contributed by atoms with Gasteiger partial charge in [-0.3, -0.25) is 9.78 Å². The SMILES string of the molecule is CC(=O)c1cc(C)cc(-c2cc(C3=CCN(C(=O)OC(C)(C)C)CC3)ccn2)c1. The Hall–Kier alpha value is -2.95. The summed E-state index contributed by atoms with van der Waals surface area (Å²) >= 11 is 0. The van der Waals surface area contributed by atoms with Gasteiger partial charge in [0.1, 0.15) is 5.60 Å². The lowest BCUT2D eigenvalue weighted by molar-refractivity contribution is 0.0270. The molecule has 1 aliphatic heterocycles. The number of carbonyl (C=O) groups is 2. The van der Waals surface area contributed by atoms with Gasteiger partial charge in [0.25, 0.3) is 0 Å². The molecule has 0 saturated carbocycles. The first-order valence-corrected chi connectivity index (χ1v) is 9.89. The number of amides is 1. The monoisotopic (exact) mass is 392 g/mol. The smallest absolute Gasteiger partial charge is 0.410 e. The number of benzene rings is 1. The van der Waals surface area contributed by atoms with E-state index in [1.54, 1.807) is 18.0 Å². The normalized spacial score (nSPS) is 14.4. The summed E-state index contributed by atoms with van der Waals surface area (Å²) in [5.41, 5.74) is 5.28. The van der Waals surface area contributed by atoms with Crippen molar-refractivity contribution in [2.24, 2.45) is 0 Å². The van der Waals surface area contributed by atoms with Crippen LogP contribution in [0.25, 0.3) is 16.8 Å². The van der Waals surface area contributed by atoms with E-state index in [9.17, 15) is 9.59 Å². The van der Waals surface area contributed by atoms with Gasteiger partial charge in [0.2, 0.25) is 0 Å². The maximum Gasteiger partial charge on any atom is 0.410 e. The minimum atomic E-state index is -0.492. The van der Waals surface area contributed by atoms with E-state index in [0.717, 1.165) is 28.8 Å². The highest BCUT2D eigenvalue weighted by Crippen LogP contribution is 2.27. The standard InChI is InChI=1S/C24H28N2O3/c1-16-12-20(17(2)27)14-21(13-16)22-15-19(6-9-25-22)18-7-10-26(11-8-18)23(28)29-24(3,4)5/h6-7,9,12-15H,8,10-11H2,1-5H3. The highest BCUT2D eigenvalue weighted by atomic mass is 16.6. The van der Waals surface area contributed by atoms with Gasteiger partial charge in [-0.1, -0.05) is 6.08 Å². The molecule has 0 aliphatic carbocycles. The Balaban J connectivity index is 1.81. The van der Waals surface area contributed by atoms with Gasteiger partial charge >= 0.3 is 6.09 Å². The fourth-order valence-electron chi connectivity index (χ4n) is 3.35. The summed E-state index contributed by atoms with van der Waals surface area (Å²) in [6, 6.07) is 9.86. The number of aryl methyl sites for hydroxylation is 1. The fraction of sp³-hybridized carbons (Fsp3) is 0.375. The molecule has 0 bridgehead atoms. The topological polar surface area (TPSA) is 59.5 Å². The first-order valence-electron chi connectivity index (χ1n) is 9.89. The van der Waals surface area contributed by atoms with Gasteiger partial charge in [0.15, 0.2) is 5.78 Å². The molecule has 5 nitrogen and oxygen atoms in total. The van der Waals surface area contributed by atoms with Crippen molar-refractivity contribution >= 4 is 17.4 Å². The Bertz CT molecular complexity index is 970. The van der Waals surface area contributed by atoms with E-state index in [-0.39, 0.29) is 11.9 Å². The minimum absolute atomic E-state index is 0.0447. The molecule has 1 aromatic carbocycles. The predicted octanol–water partition coefficient (Wildman–Crippen LogP) is 5.28. The van der Waals surface area contributed by atoms with Crippen molar-refractivity contribution < 1.29 is 14.3 Å². The Morgan fingerprint density at radius 2 is 1.86 bits per heavy atom. The molecule has 5 heteroatoms. The molecule has 0 spiro atoms. The van der Waals surface area contributed by atoms with E-state index in [1.165, 1.54) is 5.57 Å². The van der Waals surface area contributed by atoms with Gasteiger partial charge < -0.3 is 9.64 Å². The maximum atomic E-state index is 12.3. The highest BCUT2D eigenvalue weighted by Gasteiger charge is 2.24. The third-order valence-electron chi connectivity index (χ3n) is 4.77. The first kappa shape index (κ1) is 20.8. The van der Waals surface area contributed by atoms with Crippen LogP contribution < -0.4 is 0 Å². The summed E-state index contributed by atoms with van der Waals surface area (Å²) < 4.78 is 5.46. The van der Waals surface area contributed by atoms with Crippen LogP contribution in [0.15, 0.2) is 42.6 Å². The number of hydrogen-bond acceptors (Lipinski definition) is 4. The lowest BCUT2D eigenvalue weighted by Gasteiger charge is -2.29. The third kappa shape index (κ3) is 5.31. The molecule has 0 radical (unpaired) electrons. The number of nitrogens with zero attached hydrogens (tertiary/aromatic N) is 2. The number of rotatable bonds is 3. The summed E-state index contributed by atoms with van der Waals surface area (Å²) in [6.45, 7) is 10.3. The molecule has 0 fully saturated rings. The van der Waals surface area contributed by atoms with Gasteiger partial charge in [-0.25, -0.2) is 4.79 Å². The Morgan fingerprint density at radius 3 is 2.48 bits per heavy atom. The van der Waals surface area contributed by atoms with Crippen molar-refractivity contribution in [2.75, 3.05) is 13.1 Å². The highest BCUT2D eigenvalue weighted by molar-refractivity contribution is 5.95. The second kappa shape index (κ2) is 8.19. The minimum Gasteiger partial charge on any atom is -0.444 e. The number of carbonyl (C=O) groups excluding carboxylic acids is 2. The van der Waals surface area contributed by atoms with Gasteiger partial charge in [-0.05, 0) is 88.1 Å². The van der Waals surface area contributed by atoms with Crippen molar-refractivity contribution in [3.05, 3.63) is 59.3 Å². The van der Waals surface area contributed by atoms with Crippen LogP contribution in [0.1, 0.15) is 55.6 Å². The van der Waals surface area contributed by atoms with Gasteiger partial charge in [-0.15, -0.1) is 0 Å². The van der Waals surface area contributed by atoms with Crippen LogP contribution in [0.5, 0.6) is 0 Å². The molecular formula is C24H28N2O3. The van der Waals surface area contributed by atoms with Crippen molar-refractivity contribution in [1.82, 2.24) is 9.88 Å².